The van der Waals surface area contributed by atoms with Crippen LogP contribution >= 0.6 is 27.5 Å². The van der Waals surface area contributed by atoms with E-state index in [1.807, 2.05) is 30.3 Å². The average Bonchev–Trinajstić information content (AvgIpc) is 2.87. The second-order valence-electron chi connectivity index (χ2n) is 4.85. The number of benzene rings is 1. The maximum Gasteiger partial charge on any atom is 0.308 e. The van der Waals surface area contributed by atoms with E-state index in [1.54, 1.807) is 6.92 Å². The molecular formula is C15H11BrClN3O2. The first kappa shape index (κ1) is 15.0. The number of nitrogens with zero attached hydrogens (tertiary/aromatic N) is 3. The highest BCUT2D eigenvalue weighted by molar-refractivity contribution is 9.10. The second kappa shape index (κ2) is 5.70. The molecule has 0 saturated carbocycles. The van der Waals surface area contributed by atoms with Crippen LogP contribution in [-0.4, -0.2) is 25.7 Å². The highest BCUT2D eigenvalue weighted by Gasteiger charge is 2.16. The van der Waals surface area contributed by atoms with Gasteiger partial charge in [-0.2, -0.15) is 5.10 Å². The van der Waals surface area contributed by atoms with E-state index < -0.39 is 5.97 Å². The summed E-state index contributed by atoms with van der Waals surface area (Å²) in [6.07, 6.45) is -0.181. The minimum absolute atomic E-state index is 0.181. The number of halogens is 2. The molecule has 7 heteroatoms. The van der Waals surface area contributed by atoms with Crippen LogP contribution in [0.5, 0.6) is 0 Å². The molecule has 112 valence electrons. The Balaban J connectivity index is 2.18. The Kier molecular flexibility index (Phi) is 3.88. The molecule has 2 heterocycles. The molecule has 0 radical (unpaired) electrons. The van der Waals surface area contributed by atoms with Crippen LogP contribution < -0.4 is 0 Å². The van der Waals surface area contributed by atoms with Crippen molar-refractivity contribution in [3.63, 3.8) is 0 Å². The summed E-state index contributed by atoms with van der Waals surface area (Å²) in [5, 5.41) is 13.7. The van der Waals surface area contributed by atoms with Crippen LogP contribution in [0.15, 0.2) is 34.8 Å². The number of aliphatic carboxylic acids is 1. The maximum absolute atomic E-state index is 11.0. The highest BCUT2D eigenvalue weighted by atomic mass is 79.9. The molecule has 1 N–H and O–H groups in total. The van der Waals surface area contributed by atoms with E-state index in [0.717, 1.165) is 15.7 Å². The second-order valence-corrected chi connectivity index (χ2v) is 6.12. The molecule has 0 aliphatic heterocycles. The number of carboxylic acid groups (broad SMARTS) is 1. The maximum atomic E-state index is 11.0. The lowest BCUT2D eigenvalue weighted by Gasteiger charge is -2.06. The molecule has 0 spiro atoms. The van der Waals surface area contributed by atoms with E-state index in [9.17, 15) is 4.79 Å². The van der Waals surface area contributed by atoms with Crippen LogP contribution in [0.1, 0.15) is 11.3 Å². The number of carboxylic acids is 1. The summed E-state index contributed by atoms with van der Waals surface area (Å²) in [6.45, 7) is 1.75. The number of aryl methyl sites for hydroxylation is 1. The number of rotatable bonds is 3. The van der Waals surface area contributed by atoms with Crippen molar-refractivity contribution in [3.05, 3.63) is 51.2 Å². The van der Waals surface area contributed by atoms with Gasteiger partial charge in [0.2, 0.25) is 0 Å². The van der Waals surface area contributed by atoms with E-state index in [0.29, 0.717) is 16.9 Å². The molecule has 22 heavy (non-hydrogen) atoms. The van der Waals surface area contributed by atoms with Gasteiger partial charge in [-0.15, -0.1) is 0 Å². The molecule has 0 fully saturated rings. The molecule has 0 unspecified atom stereocenters. The number of fused-ring (bicyclic) bond motifs is 1. The van der Waals surface area contributed by atoms with Crippen LogP contribution in [0, 0.1) is 6.92 Å². The lowest BCUT2D eigenvalue weighted by atomic mass is 10.1. The fourth-order valence-electron chi connectivity index (χ4n) is 2.25. The zero-order valence-electron chi connectivity index (χ0n) is 11.5. The third-order valence-corrected chi connectivity index (χ3v) is 4.17. The van der Waals surface area contributed by atoms with Crippen LogP contribution in [0.25, 0.3) is 16.9 Å². The summed E-state index contributed by atoms with van der Waals surface area (Å²) < 4.78 is 2.42. The van der Waals surface area contributed by atoms with E-state index in [2.05, 4.69) is 26.0 Å². The normalized spacial score (nSPS) is 11.0. The van der Waals surface area contributed by atoms with Gasteiger partial charge in [0.25, 0.3) is 0 Å². The molecular weight excluding hydrogens is 370 g/mol. The fourth-order valence-corrected chi connectivity index (χ4v) is 2.98. The Morgan fingerprint density at radius 2 is 2.18 bits per heavy atom. The van der Waals surface area contributed by atoms with Crippen molar-refractivity contribution in [3.8, 4) is 11.3 Å². The van der Waals surface area contributed by atoms with Crippen molar-refractivity contribution < 1.29 is 9.90 Å². The number of carbonyl (C=O) groups is 1. The van der Waals surface area contributed by atoms with Gasteiger partial charge in [-0.25, -0.2) is 9.50 Å². The molecule has 0 aliphatic rings. The SMILES string of the molecule is Cc1nc2cc(-c3cccc(Br)c3)nn2c(Cl)c1CC(=O)O. The quantitative estimate of drug-likeness (QED) is 0.703. The standard InChI is InChI=1S/C15H11BrClN3O2/c1-8-11(6-14(21)22)15(17)20-13(18-8)7-12(19-20)9-3-2-4-10(16)5-9/h2-5,7H,6H2,1H3,(H,21,22). The lowest BCUT2D eigenvalue weighted by molar-refractivity contribution is -0.136. The smallest absolute Gasteiger partial charge is 0.308 e. The van der Waals surface area contributed by atoms with Gasteiger partial charge in [-0.05, 0) is 19.1 Å². The molecule has 0 bridgehead atoms. The fraction of sp³-hybridized carbons (Fsp3) is 0.133. The first-order valence-corrected chi connectivity index (χ1v) is 7.65. The number of hydrogen-bond acceptors (Lipinski definition) is 3. The largest absolute Gasteiger partial charge is 0.481 e. The summed E-state index contributed by atoms with van der Waals surface area (Å²) in [7, 11) is 0. The zero-order valence-corrected chi connectivity index (χ0v) is 13.9. The van der Waals surface area contributed by atoms with Gasteiger partial charge >= 0.3 is 5.97 Å². The summed E-state index contributed by atoms with van der Waals surface area (Å²) in [6, 6.07) is 9.55. The first-order valence-electron chi connectivity index (χ1n) is 6.48. The monoisotopic (exact) mass is 379 g/mol. The summed E-state index contributed by atoms with van der Waals surface area (Å²) in [4.78, 5) is 15.4. The zero-order chi connectivity index (χ0) is 15.9. The van der Waals surface area contributed by atoms with Crippen molar-refractivity contribution in [1.82, 2.24) is 14.6 Å². The molecule has 3 rings (SSSR count). The molecule has 5 nitrogen and oxygen atoms in total. The highest BCUT2D eigenvalue weighted by Crippen LogP contribution is 2.26. The Labute approximate surface area is 139 Å². The van der Waals surface area contributed by atoms with Crippen molar-refractivity contribution >= 4 is 39.1 Å². The summed E-state index contributed by atoms with van der Waals surface area (Å²) in [5.41, 5.74) is 3.31. The predicted octanol–water partition coefficient (Wildman–Crippen LogP) is 3.75. The van der Waals surface area contributed by atoms with Gasteiger partial charge in [-0.3, -0.25) is 4.79 Å². The Morgan fingerprint density at radius 3 is 2.86 bits per heavy atom. The van der Waals surface area contributed by atoms with Crippen molar-refractivity contribution in [2.45, 2.75) is 13.3 Å². The van der Waals surface area contributed by atoms with Crippen LogP contribution in [0.3, 0.4) is 0 Å². The third-order valence-electron chi connectivity index (χ3n) is 3.29. The number of hydrogen-bond donors (Lipinski definition) is 1. The Morgan fingerprint density at radius 1 is 1.41 bits per heavy atom. The Bertz CT molecular complexity index is 892. The predicted molar refractivity (Wildman–Crippen MR) is 87.2 cm³/mol. The molecule has 0 amide bonds. The minimum atomic E-state index is -0.953. The molecule has 0 aliphatic carbocycles. The van der Waals surface area contributed by atoms with Crippen LogP contribution in [0.2, 0.25) is 5.15 Å². The third kappa shape index (κ3) is 2.71. The van der Waals surface area contributed by atoms with Gasteiger partial charge in [-0.1, -0.05) is 39.7 Å². The lowest BCUT2D eigenvalue weighted by Crippen LogP contribution is -2.08. The number of aromatic nitrogens is 3. The van der Waals surface area contributed by atoms with E-state index in [4.69, 9.17) is 16.7 Å². The first-order chi connectivity index (χ1) is 10.5. The molecule has 1 aromatic carbocycles. The average molecular weight is 381 g/mol. The van der Waals surface area contributed by atoms with Crippen molar-refractivity contribution in [2.24, 2.45) is 0 Å². The molecule has 3 aromatic rings. The van der Waals surface area contributed by atoms with Crippen LogP contribution in [0.4, 0.5) is 0 Å². The topological polar surface area (TPSA) is 67.5 Å². The van der Waals surface area contributed by atoms with E-state index >= 15 is 0 Å². The summed E-state index contributed by atoms with van der Waals surface area (Å²) in [5.74, 6) is -0.953. The van der Waals surface area contributed by atoms with Gasteiger partial charge in [0.1, 0.15) is 5.15 Å². The van der Waals surface area contributed by atoms with Gasteiger partial charge in [0, 0.05) is 27.4 Å². The van der Waals surface area contributed by atoms with Gasteiger partial charge < -0.3 is 5.11 Å². The van der Waals surface area contributed by atoms with Gasteiger partial charge in [0.15, 0.2) is 5.65 Å². The van der Waals surface area contributed by atoms with E-state index in [1.165, 1.54) is 4.52 Å². The Hall–Kier alpha value is -1.92. The molecule has 2 aromatic heterocycles. The summed E-state index contributed by atoms with van der Waals surface area (Å²) >= 11 is 9.74. The molecule has 0 atom stereocenters. The van der Waals surface area contributed by atoms with Crippen molar-refractivity contribution in [2.75, 3.05) is 0 Å². The molecule has 0 saturated heterocycles. The van der Waals surface area contributed by atoms with E-state index in [-0.39, 0.29) is 11.6 Å². The van der Waals surface area contributed by atoms with Gasteiger partial charge in [0.05, 0.1) is 12.1 Å². The van der Waals surface area contributed by atoms with Crippen LogP contribution in [-0.2, 0) is 11.2 Å². The minimum Gasteiger partial charge on any atom is -0.481 e. The van der Waals surface area contributed by atoms with Crippen molar-refractivity contribution in [1.29, 1.82) is 0 Å².